The Morgan fingerprint density at radius 1 is 0.368 bits per heavy atom. The van der Waals surface area contributed by atoms with Crippen LogP contribution in [-0.4, -0.2) is 78.6 Å². The molecular weight excluding hydrogens is 484 g/mol. The highest BCUT2D eigenvalue weighted by molar-refractivity contribution is 5.69. The van der Waals surface area contributed by atoms with E-state index in [1.165, 1.54) is 83.5 Å². The molecule has 7 nitrogen and oxygen atoms in total. The van der Waals surface area contributed by atoms with E-state index in [4.69, 9.17) is 28.4 Å². The number of ether oxygens (including phenoxy) is 6. The fourth-order valence-corrected chi connectivity index (χ4v) is 4.01. The summed E-state index contributed by atoms with van der Waals surface area (Å²) in [6.45, 7) is 10.4. The van der Waals surface area contributed by atoms with E-state index in [1.54, 1.807) is 0 Å². The van der Waals surface area contributed by atoms with Crippen LogP contribution in [0.3, 0.4) is 0 Å². The summed E-state index contributed by atoms with van der Waals surface area (Å²) in [4.78, 5) is 11.8. The van der Waals surface area contributed by atoms with Crippen molar-refractivity contribution in [3.8, 4) is 0 Å². The van der Waals surface area contributed by atoms with E-state index in [1.807, 2.05) is 0 Å². The van der Waals surface area contributed by atoms with Gasteiger partial charge in [-0.05, 0) is 12.8 Å². The third-order valence-electron chi connectivity index (χ3n) is 6.36. The van der Waals surface area contributed by atoms with Crippen molar-refractivity contribution in [3.63, 3.8) is 0 Å². The van der Waals surface area contributed by atoms with Gasteiger partial charge < -0.3 is 28.4 Å². The Hall–Kier alpha value is -0.730. The largest absolute Gasteiger partial charge is 0.463 e. The van der Waals surface area contributed by atoms with Gasteiger partial charge in [0.15, 0.2) is 0 Å². The molecular formula is C31H62O7. The molecule has 0 aliphatic heterocycles. The Balaban J connectivity index is 3.13. The first kappa shape index (κ1) is 37.3. The normalized spacial score (nSPS) is 11.3. The Bertz CT molecular complexity index is 448. The van der Waals surface area contributed by atoms with E-state index < -0.39 is 0 Å². The molecule has 0 radical (unpaired) electrons. The minimum atomic E-state index is -0.117. The number of unbranched alkanes of at least 4 members (excludes halogenated alkanes) is 14. The number of carbonyl (C=O) groups is 1. The predicted molar refractivity (Wildman–Crippen MR) is 155 cm³/mol. The lowest BCUT2D eigenvalue weighted by Crippen LogP contribution is -2.15. The summed E-state index contributed by atoms with van der Waals surface area (Å²) in [6, 6.07) is 0. The monoisotopic (exact) mass is 546 g/mol. The van der Waals surface area contributed by atoms with Gasteiger partial charge in [0.25, 0.3) is 0 Å². The van der Waals surface area contributed by atoms with Crippen molar-refractivity contribution in [1.29, 1.82) is 0 Å². The van der Waals surface area contributed by atoms with Gasteiger partial charge in [-0.2, -0.15) is 0 Å². The molecule has 0 N–H and O–H groups in total. The molecule has 7 heteroatoms. The molecule has 0 rings (SSSR count). The van der Waals surface area contributed by atoms with Crippen LogP contribution in [0.1, 0.15) is 123 Å². The quantitative estimate of drug-likeness (QED) is 0.0632. The van der Waals surface area contributed by atoms with Gasteiger partial charge >= 0.3 is 5.97 Å². The number of carbonyl (C=O) groups excluding carboxylic acids is 1. The molecule has 0 saturated carbocycles. The van der Waals surface area contributed by atoms with Crippen LogP contribution < -0.4 is 0 Å². The van der Waals surface area contributed by atoms with Crippen LogP contribution in [0.15, 0.2) is 0 Å². The molecule has 0 aliphatic carbocycles. The van der Waals surface area contributed by atoms with Gasteiger partial charge in [0.2, 0.25) is 0 Å². The Labute approximate surface area is 235 Å². The number of esters is 1. The van der Waals surface area contributed by atoms with Gasteiger partial charge in [0.05, 0.1) is 59.5 Å². The van der Waals surface area contributed by atoms with Gasteiger partial charge in [-0.1, -0.05) is 104 Å². The number of hydrogen-bond acceptors (Lipinski definition) is 7. The lowest BCUT2D eigenvalue weighted by Gasteiger charge is -2.08. The minimum absolute atomic E-state index is 0.117. The van der Waals surface area contributed by atoms with Crippen LogP contribution in [0.4, 0.5) is 0 Å². The maximum atomic E-state index is 11.8. The fourth-order valence-electron chi connectivity index (χ4n) is 4.01. The third kappa shape index (κ3) is 33.3. The Morgan fingerprint density at radius 2 is 0.684 bits per heavy atom. The zero-order valence-corrected chi connectivity index (χ0v) is 25.2. The van der Waals surface area contributed by atoms with E-state index in [2.05, 4.69) is 13.8 Å². The van der Waals surface area contributed by atoms with Crippen molar-refractivity contribution < 1.29 is 33.2 Å². The Morgan fingerprint density at radius 3 is 1.11 bits per heavy atom. The molecule has 0 amide bonds. The van der Waals surface area contributed by atoms with E-state index in [-0.39, 0.29) is 5.97 Å². The molecule has 0 aromatic carbocycles. The van der Waals surface area contributed by atoms with Crippen LogP contribution in [0.5, 0.6) is 0 Å². The van der Waals surface area contributed by atoms with E-state index in [0.717, 1.165) is 25.9 Å². The first-order valence-corrected chi connectivity index (χ1v) is 15.9. The minimum Gasteiger partial charge on any atom is -0.463 e. The topological polar surface area (TPSA) is 72.5 Å². The van der Waals surface area contributed by atoms with Gasteiger partial charge in [0, 0.05) is 13.0 Å². The van der Waals surface area contributed by atoms with Crippen LogP contribution in [0.2, 0.25) is 0 Å². The van der Waals surface area contributed by atoms with E-state index >= 15 is 0 Å². The Kier molecular flexibility index (Phi) is 33.6. The van der Waals surface area contributed by atoms with E-state index in [9.17, 15) is 4.79 Å². The molecule has 0 spiro atoms. The summed E-state index contributed by atoms with van der Waals surface area (Å²) < 4.78 is 32.5. The smallest absolute Gasteiger partial charge is 0.305 e. The summed E-state index contributed by atoms with van der Waals surface area (Å²) in [5, 5.41) is 0. The third-order valence-corrected chi connectivity index (χ3v) is 6.36. The summed E-state index contributed by atoms with van der Waals surface area (Å²) >= 11 is 0. The average Bonchev–Trinajstić information content (AvgIpc) is 2.92. The van der Waals surface area contributed by atoms with Crippen molar-refractivity contribution in [1.82, 2.24) is 0 Å². The second-order valence-electron chi connectivity index (χ2n) is 9.98. The molecule has 38 heavy (non-hydrogen) atoms. The van der Waals surface area contributed by atoms with Crippen LogP contribution >= 0.6 is 0 Å². The van der Waals surface area contributed by atoms with Crippen LogP contribution in [0, 0.1) is 0 Å². The van der Waals surface area contributed by atoms with Gasteiger partial charge in [0.1, 0.15) is 6.61 Å². The summed E-state index contributed by atoms with van der Waals surface area (Å²) in [7, 11) is 0. The fraction of sp³-hybridized carbons (Fsp3) is 0.968. The summed E-state index contributed by atoms with van der Waals surface area (Å²) in [5.74, 6) is -0.117. The van der Waals surface area contributed by atoms with Crippen molar-refractivity contribution in [3.05, 3.63) is 0 Å². The zero-order valence-electron chi connectivity index (χ0n) is 25.2. The number of hydrogen-bond donors (Lipinski definition) is 0. The molecule has 0 heterocycles. The highest BCUT2D eigenvalue weighted by Gasteiger charge is 2.03. The first-order valence-electron chi connectivity index (χ1n) is 15.9. The van der Waals surface area contributed by atoms with E-state index in [0.29, 0.717) is 72.5 Å². The second kappa shape index (κ2) is 34.3. The number of rotatable bonds is 33. The average molecular weight is 547 g/mol. The highest BCUT2D eigenvalue weighted by atomic mass is 16.6. The predicted octanol–water partition coefficient (Wildman–Crippen LogP) is 7.28. The molecule has 0 atom stereocenters. The SMILES string of the molecule is CCCCCCCCCCCCCCCC(=O)OCCOCCOCCOCCOCCOCCCCC. The molecule has 0 aliphatic rings. The summed E-state index contributed by atoms with van der Waals surface area (Å²) in [5.41, 5.74) is 0. The first-order chi connectivity index (χ1) is 18.8. The standard InChI is InChI=1S/C31H62O7/c1-3-5-7-8-9-10-11-12-13-14-15-16-17-19-31(32)38-30-29-37-28-27-36-26-25-35-24-23-34-22-21-33-20-18-6-4-2/h3-30H2,1-2H3. The molecule has 0 bridgehead atoms. The maximum absolute atomic E-state index is 11.8. The second-order valence-corrected chi connectivity index (χ2v) is 9.98. The highest BCUT2D eigenvalue weighted by Crippen LogP contribution is 2.13. The zero-order chi connectivity index (χ0) is 27.6. The van der Waals surface area contributed by atoms with Crippen LogP contribution in [0.25, 0.3) is 0 Å². The van der Waals surface area contributed by atoms with Crippen molar-refractivity contribution in [2.24, 2.45) is 0 Å². The van der Waals surface area contributed by atoms with Gasteiger partial charge in [-0.15, -0.1) is 0 Å². The van der Waals surface area contributed by atoms with Crippen molar-refractivity contribution in [2.75, 3.05) is 72.7 Å². The molecule has 228 valence electrons. The molecule has 0 saturated heterocycles. The lowest BCUT2D eigenvalue weighted by atomic mass is 10.0. The molecule has 0 fully saturated rings. The molecule has 0 aromatic heterocycles. The van der Waals surface area contributed by atoms with Gasteiger partial charge in [-0.3, -0.25) is 4.79 Å². The molecule has 0 unspecified atom stereocenters. The summed E-state index contributed by atoms with van der Waals surface area (Å²) in [6.07, 6.45) is 21.0. The molecule has 0 aromatic rings. The van der Waals surface area contributed by atoms with Crippen molar-refractivity contribution >= 4 is 5.97 Å². The van der Waals surface area contributed by atoms with Crippen molar-refractivity contribution in [2.45, 2.75) is 123 Å². The maximum Gasteiger partial charge on any atom is 0.305 e. The van der Waals surface area contributed by atoms with Crippen LogP contribution in [-0.2, 0) is 33.2 Å². The van der Waals surface area contributed by atoms with Gasteiger partial charge in [-0.25, -0.2) is 0 Å². The lowest BCUT2D eigenvalue weighted by molar-refractivity contribution is -0.145.